The Morgan fingerprint density at radius 2 is 1.14 bits per heavy atom. The fourth-order valence-electron chi connectivity index (χ4n) is 3.35. The summed E-state index contributed by atoms with van der Waals surface area (Å²) in [4.78, 5) is 0. The van der Waals surface area contributed by atoms with Crippen molar-refractivity contribution in [2.24, 2.45) is 5.92 Å². The van der Waals surface area contributed by atoms with Crippen molar-refractivity contribution in [1.82, 2.24) is 0 Å². The van der Waals surface area contributed by atoms with Crippen LogP contribution >= 0.6 is 0 Å². The van der Waals surface area contributed by atoms with Crippen LogP contribution < -0.4 is 0 Å². The number of rotatable bonds is 1. The number of hydrogen-bond acceptors (Lipinski definition) is 0. The van der Waals surface area contributed by atoms with Gasteiger partial charge in [-0.15, -0.1) is 0 Å². The van der Waals surface area contributed by atoms with Gasteiger partial charge in [0.05, 0.1) is 0 Å². The van der Waals surface area contributed by atoms with E-state index in [1.807, 2.05) is 0 Å². The Morgan fingerprint density at radius 1 is 0.714 bits per heavy atom. The smallest absolute Gasteiger partial charge is 0.0132 e. The first-order valence-corrected chi connectivity index (χ1v) is 8.73. The molecule has 1 aliphatic carbocycles. The van der Waals surface area contributed by atoms with Gasteiger partial charge in [-0.2, -0.15) is 0 Å². The van der Waals surface area contributed by atoms with Gasteiger partial charge in [0.1, 0.15) is 0 Å². The summed E-state index contributed by atoms with van der Waals surface area (Å²) in [6, 6.07) is 7.43. The Morgan fingerprint density at radius 3 is 1.52 bits per heavy atom. The molecule has 0 heteroatoms. The summed E-state index contributed by atoms with van der Waals surface area (Å²) in [5.41, 5.74) is 5.07. The van der Waals surface area contributed by atoms with Crippen LogP contribution in [0.1, 0.15) is 96.8 Å². The van der Waals surface area contributed by atoms with Gasteiger partial charge in [0.15, 0.2) is 0 Å². The molecule has 1 aliphatic rings. The van der Waals surface area contributed by atoms with Crippen LogP contribution in [0.4, 0.5) is 0 Å². The van der Waals surface area contributed by atoms with Crippen LogP contribution in [0.25, 0.3) is 0 Å². The third kappa shape index (κ3) is 4.11. The third-order valence-corrected chi connectivity index (χ3v) is 5.17. The van der Waals surface area contributed by atoms with Gasteiger partial charge in [0.2, 0.25) is 0 Å². The molecule has 0 atom stereocenters. The van der Waals surface area contributed by atoms with E-state index in [0.29, 0.717) is 0 Å². The van der Waals surface area contributed by atoms with Crippen LogP contribution in [0.15, 0.2) is 18.2 Å². The van der Waals surface area contributed by atoms with Crippen LogP contribution in [0.5, 0.6) is 0 Å². The number of hydrogen-bond donors (Lipinski definition) is 0. The van der Waals surface area contributed by atoms with Gasteiger partial charge in [-0.05, 0) is 52.2 Å². The topological polar surface area (TPSA) is 0 Å². The second kappa shape index (κ2) is 5.78. The lowest BCUT2D eigenvalue weighted by molar-refractivity contribution is 0.347. The molecule has 1 fully saturated rings. The summed E-state index contributed by atoms with van der Waals surface area (Å²) in [7, 11) is 0. The summed E-state index contributed by atoms with van der Waals surface area (Å²) in [5, 5.41) is 0. The maximum absolute atomic E-state index is 2.50. The van der Waals surface area contributed by atoms with Gasteiger partial charge < -0.3 is 0 Å². The molecule has 1 aromatic carbocycles. The van der Waals surface area contributed by atoms with Crippen molar-refractivity contribution in [3.8, 4) is 0 Å². The second-order valence-electron chi connectivity index (χ2n) is 9.30. The quantitative estimate of drug-likeness (QED) is 0.547. The first-order valence-electron chi connectivity index (χ1n) is 8.73. The highest BCUT2D eigenvalue weighted by atomic mass is 14.3. The molecule has 0 heterocycles. The molecule has 0 N–H and O–H groups in total. The van der Waals surface area contributed by atoms with E-state index >= 15 is 0 Å². The predicted molar refractivity (Wildman–Crippen MR) is 94.2 cm³/mol. The Kier molecular flexibility index (Phi) is 4.57. The molecule has 0 amide bonds. The van der Waals surface area contributed by atoms with Crippen LogP contribution in [0, 0.1) is 5.92 Å². The average molecular weight is 287 g/mol. The average Bonchev–Trinajstić information content (AvgIpc) is 2.37. The van der Waals surface area contributed by atoms with Crippen molar-refractivity contribution >= 4 is 0 Å². The molecular weight excluding hydrogens is 252 g/mol. The molecule has 1 saturated carbocycles. The van der Waals surface area contributed by atoms with Crippen LogP contribution in [-0.2, 0) is 10.8 Å². The molecule has 0 bridgehead atoms. The first-order chi connectivity index (χ1) is 9.57. The highest BCUT2D eigenvalue weighted by Crippen LogP contribution is 2.39. The van der Waals surface area contributed by atoms with Crippen molar-refractivity contribution in [1.29, 1.82) is 0 Å². The van der Waals surface area contributed by atoms with E-state index in [4.69, 9.17) is 0 Å². The minimum atomic E-state index is 0.234. The summed E-state index contributed by atoms with van der Waals surface area (Å²) in [6.45, 7) is 16.4. The van der Waals surface area contributed by atoms with Gasteiger partial charge in [0, 0.05) is 0 Å². The van der Waals surface area contributed by atoms with E-state index < -0.39 is 0 Å². The third-order valence-electron chi connectivity index (χ3n) is 5.17. The first kappa shape index (κ1) is 16.6. The van der Waals surface area contributed by atoms with Gasteiger partial charge in [0.25, 0.3) is 0 Å². The molecule has 0 aromatic heterocycles. The molecule has 21 heavy (non-hydrogen) atoms. The van der Waals surface area contributed by atoms with E-state index in [9.17, 15) is 0 Å². The molecule has 0 saturated heterocycles. The van der Waals surface area contributed by atoms with Gasteiger partial charge >= 0.3 is 0 Å². The summed E-state index contributed by atoms with van der Waals surface area (Å²) < 4.78 is 0. The summed E-state index contributed by atoms with van der Waals surface area (Å²) >= 11 is 0. The fourth-order valence-corrected chi connectivity index (χ4v) is 3.35. The molecule has 118 valence electrons. The van der Waals surface area contributed by atoms with Crippen LogP contribution in [0.3, 0.4) is 0 Å². The van der Waals surface area contributed by atoms with Crippen molar-refractivity contribution < 1.29 is 0 Å². The van der Waals surface area contributed by atoms with Crippen molar-refractivity contribution in [3.05, 3.63) is 34.9 Å². The largest absolute Gasteiger partial charge is 0.0625 e. The van der Waals surface area contributed by atoms with Crippen molar-refractivity contribution in [2.45, 2.75) is 90.9 Å². The maximum atomic E-state index is 2.50. The van der Waals surface area contributed by atoms with Crippen LogP contribution in [0.2, 0.25) is 0 Å². The maximum Gasteiger partial charge on any atom is -0.0132 e. The molecular formula is C21H34. The highest BCUT2D eigenvalue weighted by molar-refractivity contribution is 5.39. The van der Waals surface area contributed by atoms with Gasteiger partial charge in [-0.3, -0.25) is 0 Å². The fraction of sp³-hybridized carbons (Fsp3) is 0.714. The lowest BCUT2D eigenvalue weighted by Crippen LogP contribution is -2.19. The monoisotopic (exact) mass is 286 g/mol. The Labute approximate surface area is 132 Å². The van der Waals surface area contributed by atoms with Crippen molar-refractivity contribution in [2.75, 3.05) is 0 Å². The Bertz CT molecular complexity index is 441. The lowest BCUT2D eigenvalue weighted by Gasteiger charge is -2.31. The molecule has 0 aliphatic heterocycles. The SMILES string of the molecule is CC1CCC(c2cc(C(C)(C)C)cc(C(C)(C)C)c2)CC1. The van der Waals surface area contributed by atoms with Crippen molar-refractivity contribution in [3.63, 3.8) is 0 Å². The minimum absolute atomic E-state index is 0.234. The van der Waals surface area contributed by atoms with E-state index in [2.05, 4.69) is 66.7 Å². The zero-order valence-electron chi connectivity index (χ0n) is 15.2. The zero-order valence-corrected chi connectivity index (χ0v) is 15.2. The molecule has 0 nitrogen and oxygen atoms in total. The highest BCUT2D eigenvalue weighted by Gasteiger charge is 2.25. The number of benzene rings is 1. The van der Waals surface area contributed by atoms with E-state index in [1.165, 1.54) is 36.8 Å². The Hall–Kier alpha value is -0.780. The normalized spacial score (nSPS) is 24.1. The van der Waals surface area contributed by atoms with Crippen LogP contribution in [-0.4, -0.2) is 0 Å². The predicted octanol–water partition coefficient (Wildman–Crippen LogP) is 6.58. The standard InChI is InChI=1S/C21H34/c1-15-8-10-16(11-9-15)17-12-18(20(2,3)4)14-19(13-17)21(5,6)7/h12-16H,8-11H2,1-7H3. The molecule has 0 spiro atoms. The minimum Gasteiger partial charge on any atom is -0.0625 e. The molecule has 1 aromatic rings. The van der Waals surface area contributed by atoms with E-state index in [1.54, 1.807) is 5.56 Å². The molecule has 0 unspecified atom stereocenters. The lowest BCUT2D eigenvalue weighted by atomic mass is 9.74. The molecule has 2 rings (SSSR count). The van der Waals surface area contributed by atoms with Gasteiger partial charge in [-0.25, -0.2) is 0 Å². The van der Waals surface area contributed by atoms with Gasteiger partial charge in [-0.1, -0.05) is 79.5 Å². The summed E-state index contributed by atoms with van der Waals surface area (Å²) in [6.07, 6.45) is 5.54. The van der Waals surface area contributed by atoms with E-state index in [-0.39, 0.29) is 10.8 Å². The zero-order chi connectivity index (χ0) is 15.8. The summed E-state index contributed by atoms with van der Waals surface area (Å²) in [5.74, 6) is 1.71. The van der Waals surface area contributed by atoms with E-state index in [0.717, 1.165) is 11.8 Å². The second-order valence-corrected chi connectivity index (χ2v) is 9.30. The Balaban J connectivity index is 2.41. The molecule has 0 radical (unpaired) electrons.